The van der Waals surface area contributed by atoms with Crippen molar-refractivity contribution in [3.8, 4) is 5.75 Å². The van der Waals surface area contributed by atoms with Gasteiger partial charge in [0.2, 0.25) is 6.41 Å². The zero-order chi connectivity index (χ0) is 24.2. The first-order valence-electron chi connectivity index (χ1n) is 12.0. The van der Waals surface area contributed by atoms with E-state index < -0.39 is 0 Å². The standard InChI is InChI=1S/C28H29N3O3S/c1-30-25-13-16-35-27(25)18-26(30)28(33)29-22-4-2-3-21(17-22)6-5-20-7-9-23(10-8-20)34-24-11-14-31(19-32)15-12-24/h2-4,7-10,13,16-19,24H,5-6,11-12,14-15H2,1H3,(H,29,33). The summed E-state index contributed by atoms with van der Waals surface area (Å²) in [6, 6.07) is 20.3. The Morgan fingerprint density at radius 2 is 1.83 bits per heavy atom. The van der Waals surface area contributed by atoms with Crippen molar-refractivity contribution in [1.29, 1.82) is 0 Å². The lowest BCUT2D eigenvalue weighted by Gasteiger charge is -2.29. The number of thiophene rings is 1. The Labute approximate surface area is 209 Å². The van der Waals surface area contributed by atoms with Crippen molar-refractivity contribution in [3.63, 3.8) is 0 Å². The third-order valence-electron chi connectivity index (χ3n) is 6.64. The van der Waals surface area contributed by atoms with E-state index >= 15 is 0 Å². The van der Waals surface area contributed by atoms with E-state index in [9.17, 15) is 9.59 Å². The van der Waals surface area contributed by atoms with E-state index in [0.717, 1.165) is 66.8 Å². The number of fused-ring (bicyclic) bond motifs is 1. The smallest absolute Gasteiger partial charge is 0.272 e. The van der Waals surface area contributed by atoms with Crippen molar-refractivity contribution in [1.82, 2.24) is 9.47 Å². The molecule has 7 heteroatoms. The fourth-order valence-electron chi connectivity index (χ4n) is 4.58. The van der Waals surface area contributed by atoms with Gasteiger partial charge < -0.3 is 19.5 Å². The van der Waals surface area contributed by atoms with E-state index in [1.165, 1.54) is 11.1 Å². The largest absolute Gasteiger partial charge is 0.490 e. The summed E-state index contributed by atoms with van der Waals surface area (Å²) in [5, 5.41) is 5.09. The molecule has 35 heavy (non-hydrogen) atoms. The van der Waals surface area contributed by atoms with Crippen LogP contribution in [0, 0.1) is 0 Å². The molecule has 0 saturated carbocycles. The van der Waals surface area contributed by atoms with Crippen molar-refractivity contribution in [3.05, 3.63) is 82.9 Å². The predicted molar refractivity (Wildman–Crippen MR) is 140 cm³/mol. The van der Waals surface area contributed by atoms with Gasteiger partial charge in [0.1, 0.15) is 17.5 Å². The van der Waals surface area contributed by atoms with Crippen LogP contribution in [0.3, 0.4) is 0 Å². The van der Waals surface area contributed by atoms with E-state index in [0.29, 0.717) is 5.69 Å². The van der Waals surface area contributed by atoms with E-state index in [-0.39, 0.29) is 12.0 Å². The fourth-order valence-corrected chi connectivity index (χ4v) is 5.43. The van der Waals surface area contributed by atoms with Crippen LogP contribution in [-0.4, -0.2) is 41.0 Å². The minimum atomic E-state index is -0.0968. The monoisotopic (exact) mass is 487 g/mol. The molecule has 6 nitrogen and oxygen atoms in total. The second-order valence-corrected chi connectivity index (χ2v) is 9.96. The third kappa shape index (κ3) is 5.41. The number of carbonyl (C=O) groups is 2. The SMILES string of the molecule is Cn1c(C(=O)Nc2cccc(CCc3ccc(OC4CCN(C=O)CC4)cc3)c2)cc2sccc21. The quantitative estimate of drug-likeness (QED) is 0.344. The average molecular weight is 488 g/mol. The van der Waals surface area contributed by atoms with Crippen LogP contribution in [0.1, 0.15) is 34.5 Å². The van der Waals surface area contributed by atoms with Crippen LogP contribution in [0.25, 0.3) is 10.2 Å². The molecule has 2 aromatic heterocycles. The lowest BCUT2D eigenvalue weighted by molar-refractivity contribution is -0.119. The van der Waals surface area contributed by atoms with Crippen LogP contribution in [0.5, 0.6) is 5.75 Å². The zero-order valence-corrected chi connectivity index (χ0v) is 20.6. The number of amides is 2. The van der Waals surface area contributed by atoms with E-state index in [4.69, 9.17) is 4.74 Å². The highest BCUT2D eigenvalue weighted by molar-refractivity contribution is 7.17. The molecule has 1 aliphatic heterocycles. The Morgan fingerprint density at radius 1 is 1.06 bits per heavy atom. The molecular weight excluding hydrogens is 458 g/mol. The van der Waals surface area contributed by atoms with Gasteiger partial charge in [0.05, 0.1) is 10.2 Å². The highest BCUT2D eigenvalue weighted by Crippen LogP contribution is 2.25. The number of hydrogen-bond acceptors (Lipinski definition) is 4. The van der Waals surface area contributed by atoms with Gasteiger partial charge in [0.25, 0.3) is 5.91 Å². The van der Waals surface area contributed by atoms with Gasteiger partial charge in [-0.25, -0.2) is 0 Å². The maximum atomic E-state index is 12.8. The molecule has 1 N–H and O–H groups in total. The number of benzene rings is 2. The summed E-state index contributed by atoms with van der Waals surface area (Å²) in [5.41, 5.74) is 4.97. The molecule has 5 rings (SSSR count). The van der Waals surface area contributed by atoms with Crippen molar-refractivity contribution >= 4 is 39.6 Å². The second-order valence-electron chi connectivity index (χ2n) is 9.02. The summed E-state index contributed by atoms with van der Waals surface area (Å²) in [5.74, 6) is 0.782. The van der Waals surface area contributed by atoms with Crippen molar-refractivity contribution < 1.29 is 14.3 Å². The minimum absolute atomic E-state index is 0.0968. The minimum Gasteiger partial charge on any atom is -0.490 e. The number of carbonyl (C=O) groups excluding carboxylic acids is 2. The Morgan fingerprint density at radius 3 is 2.57 bits per heavy atom. The van der Waals surface area contributed by atoms with Gasteiger partial charge in [-0.2, -0.15) is 0 Å². The van der Waals surface area contributed by atoms with Crippen LogP contribution < -0.4 is 10.1 Å². The van der Waals surface area contributed by atoms with Crippen LogP contribution >= 0.6 is 11.3 Å². The van der Waals surface area contributed by atoms with Gasteiger partial charge in [-0.15, -0.1) is 11.3 Å². The van der Waals surface area contributed by atoms with Gasteiger partial charge in [-0.3, -0.25) is 9.59 Å². The molecule has 2 amide bonds. The predicted octanol–water partition coefficient (Wildman–Crippen LogP) is 5.28. The van der Waals surface area contributed by atoms with Gasteiger partial charge in [-0.1, -0.05) is 24.3 Å². The Kier molecular flexibility index (Phi) is 6.86. The molecule has 0 spiro atoms. The summed E-state index contributed by atoms with van der Waals surface area (Å²) >= 11 is 1.64. The number of nitrogens with one attached hydrogen (secondary N) is 1. The molecule has 0 bridgehead atoms. The number of aromatic nitrogens is 1. The van der Waals surface area contributed by atoms with Gasteiger partial charge in [0.15, 0.2) is 0 Å². The number of hydrogen-bond donors (Lipinski definition) is 1. The van der Waals surface area contributed by atoms with Crippen molar-refractivity contribution in [2.24, 2.45) is 7.05 Å². The molecule has 1 fully saturated rings. The topological polar surface area (TPSA) is 63.6 Å². The molecular formula is C28H29N3O3S. The number of piperidine rings is 1. The van der Waals surface area contributed by atoms with Gasteiger partial charge >= 0.3 is 0 Å². The number of aryl methyl sites for hydroxylation is 3. The molecule has 2 aromatic carbocycles. The van der Waals surface area contributed by atoms with Gasteiger partial charge in [0, 0.05) is 38.7 Å². The molecule has 0 radical (unpaired) electrons. The van der Waals surface area contributed by atoms with Crippen LogP contribution in [0.2, 0.25) is 0 Å². The summed E-state index contributed by atoms with van der Waals surface area (Å²) in [6.07, 6.45) is 4.62. The Balaban J connectivity index is 1.15. The fraction of sp³-hybridized carbons (Fsp3) is 0.286. The van der Waals surface area contributed by atoms with E-state index in [2.05, 4.69) is 23.5 Å². The van der Waals surface area contributed by atoms with E-state index in [1.54, 1.807) is 16.2 Å². The Hall–Kier alpha value is -3.58. The summed E-state index contributed by atoms with van der Waals surface area (Å²) < 4.78 is 9.15. The summed E-state index contributed by atoms with van der Waals surface area (Å²) in [4.78, 5) is 25.5. The molecule has 0 aliphatic carbocycles. The van der Waals surface area contributed by atoms with Crippen molar-refractivity contribution in [2.45, 2.75) is 31.8 Å². The Bertz CT molecular complexity index is 1320. The molecule has 180 valence electrons. The maximum absolute atomic E-state index is 12.8. The molecule has 0 unspecified atom stereocenters. The molecule has 3 heterocycles. The average Bonchev–Trinajstić information content (AvgIpc) is 3.47. The van der Waals surface area contributed by atoms with Crippen molar-refractivity contribution in [2.75, 3.05) is 18.4 Å². The maximum Gasteiger partial charge on any atom is 0.272 e. The highest BCUT2D eigenvalue weighted by atomic mass is 32.1. The number of ether oxygens (including phenoxy) is 1. The summed E-state index contributed by atoms with van der Waals surface area (Å²) in [6.45, 7) is 1.52. The zero-order valence-electron chi connectivity index (χ0n) is 19.8. The normalized spacial score (nSPS) is 14.3. The number of likely N-dealkylation sites (tertiary alicyclic amines) is 1. The molecule has 4 aromatic rings. The highest BCUT2D eigenvalue weighted by Gasteiger charge is 2.19. The van der Waals surface area contributed by atoms with Crippen LogP contribution in [-0.2, 0) is 24.7 Å². The lowest BCUT2D eigenvalue weighted by Crippen LogP contribution is -2.37. The number of anilines is 1. The molecule has 1 aliphatic rings. The second kappa shape index (κ2) is 10.4. The lowest BCUT2D eigenvalue weighted by atomic mass is 10.0. The first kappa shape index (κ1) is 23.2. The first-order valence-corrected chi connectivity index (χ1v) is 12.8. The van der Waals surface area contributed by atoms with E-state index in [1.807, 2.05) is 59.5 Å². The summed E-state index contributed by atoms with van der Waals surface area (Å²) in [7, 11) is 1.92. The first-order chi connectivity index (χ1) is 17.1. The third-order valence-corrected chi connectivity index (χ3v) is 7.49. The van der Waals surface area contributed by atoms with Crippen LogP contribution in [0.15, 0.2) is 66.0 Å². The van der Waals surface area contributed by atoms with Crippen LogP contribution in [0.4, 0.5) is 5.69 Å². The van der Waals surface area contributed by atoms with Gasteiger partial charge in [-0.05, 0) is 65.7 Å². The number of rotatable bonds is 8. The molecule has 0 atom stereocenters. The number of nitrogens with zero attached hydrogens (tertiary/aromatic N) is 2. The molecule has 1 saturated heterocycles.